The van der Waals surface area contributed by atoms with Crippen LogP contribution in [0.3, 0.4) is 0 Å². The number of esters is 1. The summed E-state index contributed by atoms with van der Waals surface area (Å²) in [7, 11) is 1.82. The fourth-order valence-corrected chi connectivity index (χ4v) is 9.84. The molecule has 0 bridgehead atoms. The maximum atomic E-state index is 13.5. The number of aromatic nitrogens is 1. The number of allylic oxidation sites excluding steroid dienone is 2. The molecule has 3 fully saturated rings. The van der Waals surface area contributed by atoms with Gasteiger partial charge in [0.05, 0.1) is 6.61 Å². The summed E-state index contributed by atoms with van der Waals surface area (Å²) in [5.74, 6) is -0.215. The fourth-order valence-electron chi connectivity index (χ4n) is 8.42. The van der Waals surface area contributed by atoms with Crippen molar-refractivity contribution in [2.45, 2.75) is 78.3 Å². The molecular formula is C28H35ClF3N3O4S. The van der Waals surface area contributed by atoms with Crippen molar-refractivity contribution in [3.63, 3.8) is 0 Å². The Morgan fingerprint density at radius 1 is 1.20 bits per heavy atom. The quantitative estimate of drug-likeness (QED) is 0.373. The third-order valence-electron chi connectivity index (χ3n) is 10.3. The van der Waals surface area contributed by atoms with E-state index in [1.807, 2.05) is 7.05 Å². The van der Waals surface area contributed by atoms with Crippen LogP contribution in [-0.2, 0) is 20.5 Å². The molecule has 7 nitrogen and oxygen atoms in total. The monoisotopic (exact) mass is 601 g/mol. The van der Waals surface area contributed by atoms with Gasteiger partial charge in [-0.15, -0.1) is 0 Å². The van der Waals surface area contributed by atoms with E-state index in [9.17, 15) is 27.6 Å². The van der Waals surface area contributed by atoms with Gasteiger partial charge in [0, 0.05) is 36.0 Å². The summed E-state index contributed by atoms with van der Waals surface area (Å²) in [6.07, 6.45) is 1.08. The first-order valence-corrected chi connectivity index (χ1v) is 15.1. The van der Waals surface area contributed by atoms with E-state index >= 15 is 0 Å². The van der Waals surface area contributed by atoms with Gasteiger partial charge >= 0.3 is 12.1 Å². The van der Waals surface area contributed by atoms with Crippen molar-refractivity contribution in [3.05, 3.63) is 21.3 Å². The Morgan fingerprint density at radius 2 is 1.93 bits per heavy atom. The number of anilines is 1. The number of carbonyl (C=O) groups excluding carboxylic acids is 3. The summed E-state index contributed by atoms with van der Waals surface area (Å²) >= 11 is 7.38. The highest BCUT2D eigenvalue weighted by atomic mass is 35.5. The first-order valence-electron chi connectivity index (χ1n) is 13.9. The topological polar surface area (TPSA) is 88.6 Å². The summed E-state index contributed by atoms with van der Waals surface area (Å²) < 4.78 is 45.2. The summed E-state index contributed by atoms with van der Waals surface area (Å²) in [5, 5.41) is 3.03. The summed E-state index contributed by atoms with van der Waals surface area (Å²) in [6.45, 7) is 5.92. The van der Waals surface area contributed by atoms with Gasteiger partial charge in [-0.25, -0.2) is 9.78 Å². The predicted molar refractivity (Wildman–Crippen MR) is 144 cm³/mol. The Kier molecular flexibility index (Phi) is 7.55. The molecule has 2 heterocycles. The molecule has 220 valence electrons. The van der Waals surface area contributed by atoms with E-state index in [0.717, 1.165) is 49.3 Å². The van der Waals surface area contributed by atoms with Crippen LogP contribution in [0.1, 0.15) is 87.5 Å². The maximum absolute atomic E-state index is 13.5. The van der Waals surface area contributed by atoms with Crippen LogP contribution in [0.4, 0.5) is 18.3 Å². The number of carbonyl (C=O) groups is 3. The second-order valence-electron chi connectivity index (χ2n) is 12.2. The van der Waals surface area contributed by atoms with Crippen molar-refractivity contribution in [2.24, 2.45) is 34.5 Å². The number of amides is 2. The number of hydrogen-bond donors (Lipinski definition) is 1. The summed E-state index contributed by atoms with van der Waals surface area (Å²) in [4.78, 5) is 42.2. The lowest BCUT2D eigenvalue weighted by atomic mass is 9.49. The first kappa shape index (κ1) is 29.4. The average molecular weight is 602 g/mol. The van der Waals surface area contributed by atoms with Crippen LogP contribution in [0.15, 0.2) is 10.7 Å². The van der Waals surface area contributed by atoms with Gasteiger partial charge in [-0.3, -0.25) is 9.59 Å². The van der Waals surface area contributed by atoms with Gasteiger partial charge in [-0.05, 0) is 74.5 Å². The van der Waals surface area contributed by atoms with Gasteiger partial charge in [0.2, 0.25) is 11.8 Å². The zero-order valence-electron chi connectivity index (χ0n) is 23.1. The number of thiazole rings is 1. The number of fused-ring (bicyclic) bond motifs is 5. The molecular weight excluding hydrogens is 567 g/mol. The molecule has 12 heteroatoms. The minimum atomic E-state index is -4.85. The number of nitrogens with zero attached hydrogens (tertiary/aromatic N) is 2. The van der Waals surface area contributed by atoms with Crippen molar-refractivity contribution in [1.29, 1.82) is 0 Å². The molecule has 0 aromatic carbocycles. The molecule has 2 amide bonds. The second kappa shape index (κ2) is 10.3. The van der Waals surface area contributed by atoms with Gasteiger partial charge in [0.15, 0.2) is 10.8 Å². The molecule has 4 aliphatic rings. The average Bonchev–Trinajstić information content (AvgIpc) is 3.43. The van der Waals surface area contributed by atoms with E-state index in [-0.39, 0.29) is 40.8 Å². The predicted octanol–water partition coefficient (Wildman–Crippen LogP) is 6.84. The van der Waals surface area contributed by atoms with Gasteiger partial charge in [-0.2, -0.15) is 13.2 Å². The van der Waals surface area contributed by atoms with Gasteiger partial charge < -0.3 is 15.0 Å². The Morgan fingerprint density at radius 3 is 2.60 bits per heavy atom. The van der Waals surface area contributed by atoms with Crippen molar-refractivity contribution < 1.29 is 32.3 Å². The molecule has 1 aromatic heterocycles. The molecule has 6 atom stereocenters. The minimum Gasteiger partial charge on any atom is -0.462 e. The van der Waals surface area contributed by atoms with Crippen molar-refractivity contribution in [2.75, 3.05) is 19.0 Å². The van der Waals surface area contributed by atoms with E-state index in [1.54, 1.807) is 4.90 Å². The van der Waals surface area contributed by atoms with E-state index in [0.29, 0.717) is 35.5 Å². The second-order valence-corrected chi connectivity index (χ2v) is 13.6. The highest BCUT2D eigenvalue weighted by molar-refractivity contribution is 7.17. The summed E-state index contributed by atoms with van der Waals surface area (Å²) in [6, 6.07) is 0. The molecule has 40 heavy (non-hydrogen) atoms. The number of rotatable bonds is 5. The highest BCUT2D eigenvalue weighted by Gasteiger charge is 2.60. The highest BCUT2D eigenvalue weighted by Crippen LogP contribution is 2.67. The van der Waals surface area contributed by atoms with Crippen LogP contribution >= 0.6 is 22.9 Å². The number of hydrogen-bond acceptors (Lipinski definition) is 6. The minimum absolute atomic E-state index is 0.0672. The van der Waals surface area contributed by atoms with Gasteiger partial charge in [0.25, 0.3) is 0 Å². The maximum Gasteiger partial charge on any atom is 0.435 e. The largest absolute Gasteiger partial charge is 0.462 e. The normalized spacial score (nSPS) is 33.8. The number of nitrogens with one attached hydrogen (secondary N) is 1. The summed E-state index contributed by atoms with van der Waals surface area (Å²) in [5.41, 5.74) is -0.622. The molecule has 1 aliphatic heterocycles. The molecule has 1 aromatic rings. The third kappa shape index (κ3) is 4.74. The smallest absolute Gasteiger partial charge is 0.435 e. The van der Waals surface area contributed by atoms with Crippen LogP contribution in [0, 0.1) is 34.5 Å². The Hall–Kier alpha value is -2.14. The zero-order valence-corrected chi connectivity index (χ0v) is 24.7. The lowest BCUT2D eigenvalue weighted by Crippen LogP contribution is -2.54. The van der Waals surface area contributed by atoms with Crippen molar-refractivity contribution >= 4 is 45.9 Å². The lowest BCUT2D eigenvalue weighted by molar-refractivity contribution is -0.141. The number of halogens is 4. The fraction of sp³-hybridized carbons (Fsp3) is 0.714. The number of piperidine rings is 1. The van der Waals surface area contributed by atoms with Crippen molar-refractivity contribution in [1.82, 2.24) is 9.88 Å². The SMILES string of the molecule is CCOC(=O)c1sc(NC(=O)C[C@H]2CC[C@H]3C4CC(Cl)=C5N(C)C(=O)CC[C@]5(C)C4CC[C@]23C)nc1C(F)(F)F. The molecule has 3 aliphatic carbocycles. The first-order chi connectivity index (χ1) is 18.7. The Labute approximate surface area is 240 Å². The molecule has 0 radical (unpaired) electrons. The molecule has 2 saturated carbocycles. The van der Waals surface area contributed by atoms with Crippen LogP contribution < -0.4 is 5.32 Å². The van der Waals surface area contributed by atoms with E-state index in [1.165, 1.54) is 6.92 Å². The van der Waals surface area contributed by atoms with Gasteiger partial charge in [-0.1, -0.05) is 36.8 Å². The Balaban J connectivity index is 1.32. The van der Waals surface area contributed by atoms with Crippen molar-refractivity contribution in [3.8, 4) is 0 Å². The lowest BCUT2D eigenvalue weighted by Gasteiger charge is -2.59. The standard InChI is InChI=1S/C28H35ClF3N3O4S/c1-5-39-24(38)21-22(28(30,31)32)34-25(40-21)33-19(36)12-14-6-7-16-15-13-18(29)23-27(3,11-9-20(37)35(23)4)17(15)8-10-26(14,16)2/h14-17H,5-13H2,1-4H3,(H,33,34,36)/t14-,15?,16+,17?,26-,27-/m1/s1. The van der Waals surface area contributed by atoms with Gasteiger partial charge in [0.1, 0.15) is 4.88 Å². The molecule has 1 N–H and O–H groups in total. The van der Waals surface area contributed by atoms with E-state index in [2.05, 4.69) is 24.1 Å². The van der Waals surface area contributed by atoms with E-state index in [4.69, 9.17) is 16.3 Å². The van der Waals surface area contributed by atoms with E-state index < -0.39 is 28.6 Å². The number of ether oxygens (including phenoxy) is 1. The number of alkyl halides is 3. The molecule has 2 unspecified atom stereocenters. The van der Waals surface area contributed by atoms with Crippen LogP contribution in [0.2, 0.25) is 0 Å². The number of likely N-dealkylation sites (tertiary alicyclic amines) is 1. The van der Waals surface area contributed by atoms with Crippen LogP contribution in [0.25, 0.3) is 0 Å². The zero-order chi connectivity index (χ0) is 29.2. The van der Waals surface area contributed by atoms with Crippen LogP contribution in [-0.4, -0.2) is 41.3 Å². The molecule has 1 saturated heterocycles. The van der Waals surface area contributed by atoms with Crippen LogP contribution in [0.5, 0.6) is 0 Å². The third-order valence-corrected chi connectivity index (χ3v) is 11.6. The Bertz CT molecular complexity index is 1270. The molecule has 5 rings (SSSR count). The molecule has 0 spiro atoms.